The standard InChI is InChI=1S/C24H49S/c1-3-5-6-7-8-9-10-11-12-13-14-15-16-17-18-19-20-21-22-23-24-25-4-2/h24H,3-23H2,1-2H3. The van der Waals surface area contributed by atoms with Crippen molar-refractivity contribution in [3.05, 3.63) is 5.75 Å². The van der Waals surface area contributed by atoms with Crippen LogP contribution in [0, 0.1) is 5.75 Å². The summed E-state index contributed by atoms with van der Waals surface area (Å²) in [5.74, 6) is 3.63. The van der Waals surface area contributed by atoms with Crippen LogP contribution < -0.4 is 0 Å². The van der Waals surface area contributed by atoms with E-state index < -0.39 is 0 Å². The Balaban J connectivity index is 2.94. The van der Waals surface area contributed by atoms with Gasteiger partial charge in [0.1, 0.15) is 0 Å². The molecule has 0 rings (SSSR count). The molecule has 0 aromatic heterocycles. The van der Waals surface area contributed by atoms with Crippen molar-refractivity contribution in [2.24, 2.45) is 0 Å². The van der Waals surface area contributed by atoms with Crippen molar-refractivity contribution in [2.75, 3.05) is 5.75 Å². The lowest BCUT2D eigenvalue weighted by molar-refractivity contribution is 0.523. The molecule has 1 heteroatoms. The number of hydrogen-bond acceptors (Lipinski definition) is 1. The molecule has 25 heavy (non-hydrogen) atoms. The van der Waals surface area contributed by atoms with Crippen LogP contribution >= 0.6 is 11.8 Å². The Labute approximate surface area is 165 Å². The predicted molar refractivity (Wildman–Crippen MR) is 120 cm³/mol. The zero-order valence-electron chi connectivity index (χ0n) is 17.8. The van der Waals surface area contributed by atoms with E-state index in [-0.39, 0.29) is 0 Å². The molecule has 1 radical (unpaired) electrons. The van der Waals surface area contributed by atoms with Crippen LogP contribution in [0.15, 0.2) is 0 Å². The van der Waals surface area contributed by atoms with Gasteiger partial charge in [-0.05, 0) is 12.2 Å². The smallest absolute Gasteiger partial charge is 0.0166 e. The van der Waals surface area contributed by atoms with Gasteiger partial charge in [0.2, 0.25) is 0 Å². The fourth-order valence-corrected chi connectivity index (χ4v) is 4.08. The van der Waals surface area contributed by atoms with Gasteiger partial charge in [-0.25, -0.2) is 0 Å². The highest BCUT2D eigenvalue weighted by molar-refractivity contribution is 8.01. The summed E-state index contributed by atoms with van der Waals surface area (Å²) >= 11 is 1.97. The van der Waals surface area contributed by atoms with Crippen molar-refractivity contribution < 1.29 is 0 Å². The van der Waals surface area contributed by atoms with Crippen LogP contribution in [0.1, 0.15) is 142 Å². The summed E-state index contributed by atoms with van der Waals surface area (Å²) < 4.78 is 0. The van der Waals surface area contributed by atoms with Crippen molar-refractivity contribution in [1.82, 2.24) is 0 Å². The van der Waals surface area contributed by atoms with E-state index in [1.807, 2.05) is 11.8 Å². The molecule has 0 aromatic rings. The Hall–Kier alpha value is 0.350. The third kappa shape index (κ3) is 24.4. The molecule has 0 heterocycles. The lowest BCUT2D eigenvalue weighted by atomic mass is 10.0. The highest BCUT2D eigenvalue weighted by atomic mass is 32.2. The van der Waals surface area contributed by atoms with E-state index in [1.54, 1.807) is 0 Å². The van der Waals surface area contributed by atoms with Crippen LogP contribution in [0.5, 0.6) is 0 Å². The maximum absolute atomic E-state index is 2.40. The molecule has 0 unspecified atom stereocenters. The molecule has 0 aliphatic carbocycles. The van der Waals surface area contributed by atoms with Crippen LogP contribution in [0.2, 0.25) is 0 Å². The van der Waals surface area contributed by atoms with Gasteiger partial charge >= 0.3 is 0 Å². The quantitative estimate of drug-likeness (QED) is 0.171. The second kappa shape index (κ2) is 24.4. The van der Waals surface area contributed by atoms with E-state index in [9.17, 15) is 0 Å². The van der Waals surface area contributed by atoms with Gasteiger partial charge < -0.3 is 0 Å². The fraction of sp³-hybridized carbons (Fsp3) is 0.958. The zero-order valence-corrected chi connectivity index (χ0v) is 18.7. The summed E-state index contributed by atoms with van der Waals surface area (Å²) in [6, 6.07) is 0. The van der Waals surface area contributed by atoms with E-state index >= 15 is 0 Å². The van der Waals surface area contributed by atoms with E-state index in [4.69, 9.17) is 0 Å². The first-order valence-electron chi connectivity index (χ1n) is 11.8. The van der Waals surface area contributed by atoms with Crippen molar-refractivity contribution in [1.29, 1.82) is 0 Å². The molecule has 0 aromatic carbocycles. The largest absolute Gasteiger partial charge is 0.158 e. The van der Waals surface area contributed by atoms with Gasteiger partial charge in [-0.1, -0.05) is 136 Å². The highest BCUT2D eigenvalue weighted by Crippen LogP contribution is 2.16. The molecule has 0 N–H and O–H groups in total. The highest BCUT2D eigenvalue weighted by Gasteiger charge is 1.95. The first-order chi connectivity index (χ1) is 12.4. The van der Waals surface area contributed by atoms with Crippen molar-refractivity contribution >= 4 is 11.8 Å². The zero-order chi connectivity index (χ0) is 18.3. The first kappa shape index (κ1) is 25.4. The lowest BCUT2D eigenvalue weighted by Crippen LogP contribution is -1.84. The summed E-state index contributed by atoms with van der Waals surface area (Å²) in [7, 11) is 0. The monoisotopic (exact) mass is 369 g/mol. The molecular formula is C24H49S. The molecule has 0 aliphatic rings. The van der Waals surface area contributed by atoms with Gasteiger partial charge in [-0.3, -0.25) is 0 Å². The average molecular weight is 370 g/mol. The SMILES string of the molecule is CCCCCCCCCCCCCCCCCCCCC[CH]SCC. The predicted octanol–water partition coefficient (Wildman–Crippen LogP) is 9.72. The molecule has 0 atom stereocenters. The van der Waals surface area contributed by atoms with E-state index in [0.29, 0.717) is 0 Å². The lowest BCUT2D eigenvalue weighted by Gasteiger charge is -2.04. The van der Waals surface area contributed by atoms with Crippen LogP contribution in [0.3, 0.4) is 0 Å². The maximum atomic E-state index is 2.40. The Morgan fingerprint density at radius 1 is 0.440 bits per heavy atom. The molecule has 0 spiro atoms. The molecule has 0 amide bonds. The number of rotatable bonds is 22. The minimum absolute atomic E-state index is 1.24. The summed E-state index contributed by atoms with van der Waals surface area (Å²) in [6.07, 6.45) is 29.2. The maximum Gasteiger partial charge on any atom is 0.0166 e. The minimum atomic E-state index is 1.24. The second-order valence-corrected chi connectivity index (χ2v) is 9.02. The van der Waals surface area contributed by atoms with Crippen LogP contribution in [0.25, 0.3) is 0 Å². The second-order valence-electron chi connectivity index (χ2n) is 7.77. The minimum Gasteiger partial charge on any atom is -0.158 e. The molecular weight excluding hydrogens is 320 g/mol. The fourth-order valence-electron chi connectivity index (χ4n) is 3.51. The van der Waals surface area contributed by atoms with Crippen LogP contribution in [-0.4, -0.2) is 5.75 Å². The van der Waals surface area contributed by atoms with Gasteiger partial charge in [0, 0.05) is 5.75 Å². The van der Waals surface area contributed by atoms with E-state index in [0.717, 1.165) is 0 Å². The molecule has 0 aliphatic heterocycles. The number of thioether (sulfide) groups is 1. The van der Waals surface area contributed by atoms with Crippen LogP contribution in [0.4, 0.5) is 0 Å². The Morgan fingerprint density at radius 2 is 0.760 bits per heavy atom. The van der Waals surface area contributed by atoms with E-state index in [2.05, 4.69) is 19.6 Å². The van der Waals surface area contributed by atoms with Gasteiger partial charge in [0.05, 0.1) is 0 Å². The van der Waals surface area contributed by atoms with Gasteiger partial charge in [-0.2, -0.15) is 11.8 Å². The van der Waals surface area contributed by atoms with Gasteiger partial charge in [0.25, 0.3) is 0 Å². The average Bonchev–Trinajstić information content (AvgIpc) is 2.63. The molecule has 0 saturated heterocycles. The van der Waals surface area contributed by atoms with Crippen molar-refractivity contribution in [3.63, 3.8) is 0 Å². The Morgan fingerprint density at radius 3 is 1.08 bits per heavy atom. The molecule has 0 bridgehead atoms. The Kier molecular flexibility index (Phi) is 24.7. The molecule has 0 fully saturated rings. The van der Waals surface area contributed by atoms with Gasteiger partial charge in [0.15, 0.2) is 0 Å². The first-order valence-corrected chi connectivity index (χ1v) is 12.9. The van der Waals surface area contributed by atoms with Crippen molar-refractivity contribution in [3.8, 4) is 0 Å². The summed E-state index contributed by atoms with van der Waals surface area (Å²) in [5, 5.41) is 0. The topological polar surface area (TPSA) is 0 Å². The van der Waals surface area contributed by atoms with E-state index in [1.165, 1.54) is 134 Å². The molecule has 0 nitrogen and oxygen atoms in total. The molecule has 0 saturated carbocycles. The summed E-state index contributed by atoms with van der Waals surface area (Å²) in [6.45, 7) is 4.53. The Bertz CT molecular complexity index is 192. The number of unbranched alkanes of at least 4 members (excludes halogenated alkanes) is 19. The summed E-state index contributed by atoms with van der Waals surface area (Å²) in [5.41, 5.74) is 0. The normalized spacial score (nSPS) is 11.3. The number of hydrogen-bond donors (Lipinski definition) is 0. The molecule has 151 valence electrons. The van der Waals surface area contributed by atoms with Crippen molar-refractivity contribution in [2.45, 2.75) is 142 Å². The third-order valence-corrected chi connectivity index (χ3v) is 6.01. The van der Waals surface area contributed by atoms with Crippen LogP contribution in [-0.2, 0) is 0 Å². The summed E-state index contributed by atoms with van der Waals surface area (Å²) in [4.78, 5) is 0. The third-order valence-electron chi connectivity index (χ3n) is 5.21. The van der Waals surface area contributed by atoms with Gasteiger partial charge in [-0.15, -0.1) is 0 Å².